The fourth-order valence-electron chi connectivity index (χ4n) is 2.41. The predicted octanol–water partition coefficient (Wildman–Crippen LogP) is 1.12. The van der Waals surface area contributed by atoms with Gasteiger partial charge >= 0.3 is 8.80 Å². The van der Waals surface area contributed by atoms with Gasteiger partial charge in [-0.05, 0) is 27.2 Å². The zero-order chi connectivity index (χ0) is 18.1. The summed E-state index contributed by atoms with van der Waals surface area (Å²) in [6.07, 6.45) is 0.494. The maximum absolute atomic E-state index is 12.0. The molecule has 0 radical (unpaired) electrons. The van der Waals surface area contributed by atoms with E-state index >= 15 is 0 Å². The summed E-state index contributed by atoms with van der Waals surface area (Å²) in [5, 5.41) is 0. The summed E-state index contributed by atoms with van der Waals surface area (Å²) in [7, 11) is -4.55. The first-order valence-corrected chi connectivity index (χ1v) is 11.9. The minimum Gasteiger partial charge on any atom is -0.374 e. The van der Waals surface area contributed by atoms with Crippen LogP contribution in [0.2, 0.25) is 6.04 Å². The van der Waals surface area contributed by atoms with Crippen molar-refractivity contribution in [2.24, 2.45) is 4.99 Å². The molecule has 0 amide bonds. The molecule has 0 aliphatic carbocycles. The Bertz CT molecular complexity index is 482. The third-order valence-corrected chi connectivity index (χ3v) is 7.75. The first-order valence-electron chi connectivity index (χ1n) is 8.41. The monoisotopic (exact) mass is 382 g/mol. The minimum absolute atomic E-state index is 0.0846. The second kappa shape index (κ2) is 10.5. The van der Waals surface area contributed by atoms with Crippen molar-refractivity contribution >= 4 is 24.8 Å². The third kappa shape index (κ3) is 7.15. The largest absolute Gasteiger partial charge is 0.501 e. The van der Waals surface area contributed by atoms with E-state index in [1.807, 2.05) is 32.7 Å². The highest BCUT2D eigenvalue weighted by atomic mass is 32.2. The van der Waals surface area contributed by atoms with E-state index in [1.54, 1.807) is 0 Å². The van der Waals surface area contributed by atoms with E-state index in [-0.39, 0.29) is 12.4 Å². The number of amidine groups is 1. The van der Waals surface area contributed by atoms with E-state index in [2.05, 4.69) is 4.99 Å². The summed E-state index contributed by atoms with van der Waals surface area (Å²) in [6.45, 7) is 8.62. The summed E-state index contributed by atoms with van der Waals surface area (Å²) in [4.78, 5) is 6.00. The molecule has 10 heteroatoms. The van der Waals surface area contributed by atoms with Crippen molar-refractivity contribution in [2.45, 2.75) is 33.2 Å². The summed E-state index contributed by atoms with van der Waals surface area (Å²) < 4.78 is 46.3. The lowest BCUT2D eigenvalue weighted by atomic mass is 10.5. The SMILES string of the molecule is CCO[Si](CCCOS(=O)(=O)CC1=NCCN1C)(OCC)OCC. The molecule has 0 saturated carbocycles. The Morgan fingerprint density at radius 2 is 1.71 bits per heavy atom. The summed E-state index contributed by atoms with van der Waals surface area (Å²) >= 11 is 0. The van der Waals surface area contributed by atoms with Crippen LogP contribution in [-0.4, -0.2) is 80.3 Å². The van der Waals surface area contributed by atoms with Crippen molar-refractivity contribution in [1.82, 2.24) is 4.90 Å². The van der Waals surface area contributed by atoms with Gasteiger partial charge in [0.2, 0.25) is 0 Å². The second-order valence-electron chi connectivity index (χ2n) is 5.33. The Hall–Kier alpha value is -0.523. The Balaban J connectivity index is 2.46. The highest BCUT2D eigenvalue weighted by Gasteiger charge is 2.39. The normalized spacial score (nSPS) is 15.8. The average Bonchev–Trinajstić information content (AvgIpc) is 2.89. The molecule has 0 atom stereocenters. The van der Waals surface area contributed by atoms with Gasteiger partial charge in [-0.3, -0.25) is 9.18 Å². The lowest BCUT2D eigenvalue weighted by molar-refractivity contribution is 0.0697. The molecule has 142 valence electrons. The Kier molecular flexibility index (Phi) is 9.38. The van der Waals surface area contributed by atoms with Crippen LogP contribution in [-0.2, 0) is 27.6 Å². The van der Waals surface area contributed by atoms with Gasteiger partial charge in [0.15, 0.2) is 0 Å². The number of hydrogen-bond donors (Lipinski definition) is 0. The molecule has 0 aromatic rings. The Morgan fingerprint density at radius 3 is 2.17 bits per heavy atom. The molecule has 0 fully saturated rings. The zero-order valence-corrected chi connectivity index (χ0v) is 16.9. The lowest BCUT2D eigenvalue weighted by Gasteiger charge is -2.28. The third-order valence-electron chi connectivity index (χ3n) is 3.46. The molecule has 0 unspecified atom stereocenters. The predicted molar refractivity (Wildman–Crippen MR) is 94.7 cm³/mol. The van der Waals surface area contributed by atoms with Crippen LogP contribution >= 0.6 is 0 Å². The minimum atomic E-state index is -3.63. The first kappa shape index (κ1) is 21.5. The molecular formula is C14H30N2O6SSi. The molecule has 1 heterocycles. The van der Waals surface area contributed by atoms with Crippen molar-refractivity contribution in [2.75, 3.05) is 52.3 Å². The van der Waals surface area contributed by atoms with Crippen molar-refractivity contribution in [1.29, 1.82) is 0 Å². The van der Waals surface area contributed by atoms with Crippen LogP contribution in [0, 0.1) is 0 Å². The maximum Gasteiger partial charge on any atom is 0.501 e. The fourth-order valence-corrected chi connectivity index (χ4v) is 6.07. The van der Waals surface area contributed by atoms with Crippen LogP contribution in [0.3, 0.4) is 0 Å². The van der Waals surface area contributed by atoms with Crippen LogP contribution in [0.25, 0.3) is 0 Å². The molecule has 1 aliphatic heterocycles. The molecule has 0 bridgehead atoms. The average molecular weight is 383 g/mol. The first-order chi connectivity index (χ1) is 11.4. The number of nitrogens with zero attached hydrogens (tertiary/aromatic N) is 2. The topological polar surface area (TPSA) is 86.7 Å². The standard InChI is InChI=1S/C14H30N2O6SSi/c1-5-20-24(21-6-2,22-7-3)12-8-11-19-23(17,18)13-14-15-9-10-16(14)4/h5-13H2,1-4H3. The lowest BCUT2D eigenvalue weighted by Crippen LogP contribution is -2.46. The van der Waals surface area contributed by atoms with Crippen molar-refractivity contribution in [3.05, 3.63) is 0 Å². The highest BCUT2D eigenvalue weighted by molar-refractivity contribution is 7.87. The zero-order valence-electron chi connectivity index (χ0n) is 15.1. The molecule has 1 rings (SSSR count). The summed E-state index contributed by atoms with van der Waals surface area (Å²) in [5.41, 5.74) is 0. The summed E-state index contributed by atoms with van der Waals surface area (Å²) in [6, 6.07) is 0.527. The molecule has 0 saturated heterocycles. The van der Waals surface area contributed by atoms with E-state index in [0.29, 0.717) is 44.7 Å². The Morgan fingerprint density at radius 1 is 1.12 bits per heavy atom. The van der Waals surface area contributed by atoms with Crippen LogP contribution in [0.5, 0.6) is 0 Å². The fraction of sp³-hybridized carbons (Fsp3) is 0.929. The smallest absolute Gasteiger partial charge is 0.374 e. The highest BCUT2D eigenvalue weighted by Crippen LogP contribution is 2.18. The molecule has 0 aromatic heterocycles. The van der Waals surface area contributed by atoms with Gasteiger partial charge in [-0.25, -0.2) is 0 Å². The number of likely N-dealkylation sites (N-methyl/N-ethyl adjacent to an activating group) is 1. The van der Waals surface area contributed by atoms with Gasteiger partial charge in [0.25, 0.3) is 10.1 Å². The molecule has 1 aliphatic rings. The molecule has 24 heavy (non-hydrogen) atoms. The molecule has 0 N–H and O–H groups in total. The van der Waals surface area contributed by atoms with E-state index in [1.165, 1.54) is 0 Å². The van der Waals surface area contributed by atoms with Crippen molar-refractivity contribution < 1.29 is 25.9 Å². The quantitative estimate of drug-likeness (QED) is 0.268. The molecule has 0 spiro atoms. The van der Waals surface area contributed by atoms with Crippen LogP contribution in [0.15, 0.2) is 4.99 Å². The van der Waals surface area contributed by atoms with E-state index in [9.17, 15) is 8.42 Å². The van der Waals surface area contributed by atoms with Gasteiger partial charge in [-0.15, -0.1) is 0 Å². The van der Waals surface area contributed by atoms with Gasteiger partial charge in [0, 0.05) is 39.5 Å². The van der Waals surface area contributed by atoms with Crippen LogP contribution in [0.1, 0.15) is 27.2 Å². The Labute approximate surface area is 146 Å². The van der Waals surface area contributed by atoms with Gasteiger partial charge in [0.05, 0.1) is 13.2 Å². The number of rotatable bonds is 13. The van der Waals surface area contributed by atoms with E-state index in [4.69, 9.17) is 17.5 Å². The maximum atomic E-state index is 12.0. The molecule has 0 aromatic carbocycles. The van der Waals surface area contributed by atoms with Crippen molar-refractivity contribution in [3.63, 3.8) is 0 Å². The van der Waals surface area contributed by atoms with Gasteiger partial charge in [-0.2, -0.15) is 8.42 Å². The van der Waals surface area contributed by atoms with Gasteiger partial charge < -0.3 is 18.2 Å². The number of aliphatic imine (C=N–C) groups is 1. The summed E-state index contributed by atoms with van der Waals surface area (Å²) in [5.74, 6) is 0.366. The van der Waals surface area contributed by atoms with E-state index < -0.39 is 18.9 Å². The van der Waals surface area contributed by atoms with Gasteiger partial charge in [-0.1, -0.05) is 0 Å². The van der Waals surface area contributed by atoms with Crippen LogP contribution in [0.4, 0.5) is 0 Å². The van der Waals surface area contributed by atoms with Crippen LogP contribution < -0.4 is 0 Å². The second-order valence-corrected chi connectivity index (χ2v) is 9.70. The number of hydrogen-bond acceptors (Lipinski definition) is 8. The van der Waals surface area contributed by atoms with E-state index in [0.717, 1.165) is 6.54 Å². The molecular weight excluding hydrogens is 352 g/mol. The van der Waals surface area contributed by atoms with Gasteiger partial charge in [0.1, 0.15) is 11.6 Å². The molecule has 8 nitrogen and oxygen atoms in total. The van der Waals surface area contributed by atoms with Crippen molar-refractivity contribution in [3.8, 4) is 0 Å².